The monoisotopic (exact) mass is 503 g/mol. The number of amides is 1. The zero-order valence-corrected chi connectivity index (χ0v) is 19.7. The predicted octanol–water partition coefficient (Wildman–Crippen LogP) is 2.70. The average Bonchev–Trinajstić information content (AvgIpc) is 2.68. The van der Waals surface area contributed by atoms with Crippen LogP contribution in [0.3, 0.4) is 0 Å². The molecule has 0 radical (unpaired) electrons. The Kier molecular flexibility index (Phi) is 11.0. The van der Waals surface area contributed by atoms with Crippen molar-refractivity contribution in [3.63, 3.8) is 0 Å². The number of carbonyl (C=O) groups is 1. The molecule has 1 heterocycles. The van der Waals surface area contributed by atoms with Gasteiger partial charge in [0.15, 0.2) is 5.96 Å². The maximum Gasteiger partial charge on any atom is 0.409 e. The van der Waals surface area contributed by atoms with Crippen LogP contribution in [-0.4, -0.2) is 70.4 Å². The number of nitrogens with one attached hydrogen (secondary N) is 2. The van der Waals surface area contributed by atoms with Gasteiger partial charge >= 0.3 is 6.09 Å². The second kappa shape index (κ2) is 12.7. The van der Waals surface area contributed by atoms with Crippen molar-refractivity contribution in [1.29, 1.82) is 0 Å². The highest BCUT2D eigenvalue weighted by Gasteiger charge is 2.23. The Hall–Kier alpha value is -1.71. The Morgan fingerprint density at radius 3 is 2.43 bits per heavy atom. The summed E-state index contributed by atoms with van der Waals surface area (Å²) in [5.74, 6) is 0.814. The van der Waals surface area contributed by atoms with E-state index in [2.05, 4.69) is 44.8 Å². The molecule has 1 amide bonds. The summed E-state index contributed by atoms with van der Waals surface area (Å²) in [5, 5.41) is 6.84. The molecule has 0 saturated carbocycles. The van der Waals surface area contributed by atoms with Gasteiger partial charge in [0.25, 0.3) is 0 Å². The van der Waals surface area contributed by atoms with Crippen molar-refractivity contribution in [1.82, 2.24) is 15.5 Å². The Balaban J connectivity index is 0.00000392. The third-order valence-corrected chi connectivity index (χ3v) is 4.74. The SMILES string of the molecule is CCOC(=O)N1CCC(NC(=NC)NCCc2ccc(N(C)C)cc2)CC1.I. The summed E-state index contributed by atoms with van der Waals surface area (Å²) in [5.41, 5.74) is 2.50. The molecule has 0 spiro atoms. The van der Waals surface area contributed by atoms with Crippen molar-refractivity contribution in [2.24, 2.45) is 4.99 Å². The largest absolute Gasteiger partial charge is 0.450 e. The molecule has 1 aromatic rings. The number of ether oxygens (including phenoxy) is 1. The van der Waals surface area contributed by atoms with Crippen LogP contribution in [0.15, 0.2) is 29.3 Å². The smallest absolute Gasteiger partial charge is 0.409 e. The number of likely N-dealkylation sites (tertiary alicyclic amines) is 1. The molecule has 0 aliphatic carbocycles. The minimum Gasteiger partial charge on any atom is -0.450 e. The molecule has 158 valence electrons. The van der Waals surface area contributed by atoms with E-state index in [1.165, 1.54) is 11.3 Å². The van der Waals surface area contributed by atoms with Gasteiger partial charge in [-0.1, -0.05) is 12.1 Å². The highest BCUT2D eigenvalue weighted by molar-refractivity contribution is 14.0. The standard InChI is InChI=1S/C20H33N5O2.HI/c1-5-27-20(26)25-14-11-17(12-15-25)23-19(21-2)22-13-10-16-6-8-18(9-7-16)24(3)4;/h6-9,17H,5,10-15H2,1-4H3,(H2,21,22,23);1H. The lowest BCUT2D eigenvalue weighted by atomic mass is 10.1. The first-order valence-electron chi connectivity index (χ1n) is 9.68. The van der Waals surface area contributed by atoms with E-state index in [0.29, 0.717) is 25.7 Å². The molecule has 1 aliphatic heterocycles. The summed E-state index contributed by atoms with van der Waals surface area (Å²) in [6.45, 7) is 4.50. The lowest BCUT2D eigenvalue weighted by Gasteiger charge is -2.32. The van der Waals surface area contributed by atoms with Crippen LogP contribution in [-0.2, 0) is 11.2 Å². The number of piperidine rings is 1. The number of halogens is 1. The molecule has 8 heteroatoms. The van der Waals surface area contributed by atoms with Crippen LogP contribution in [0.25, 0.3) is 0 Å². The Bertz CT molecular complexity index is 614. The van der Waals surface area contributed by atoms with Crippen molar-refractivity contribution in [3.8, 4) is 0 Å². The highest BCUT2D eigenvalue weighted by atomic mass is 127. The average molecular weight is 503 g/mol. The molecule has 2 rings (SSSR count). The predicted molar refractivity (Wildman–Crippen MR) is 126 cm³/mol. The fraction of sp³-hybridized carbons (Fsp3) is 0.600. The maximum atomic E-state index is 11.8. The zero-order chi connectivity index (χ0) is 19.6. The van der Waals surface area contributed by atoms with Crippen LogP contribution in [0.1, 0.15) is 25.3 Å². The zero-order valence-electron chi connectivity index (χ0n) is 17.4. The first kappa shape index (κ1) is 24.3. The van der Waals surface area contributed by atoms with Crippen molar-refractivity contribution >= 4 is 41.7 Å². The van der Waals surface area contributed by atoms with Gasteiger partial charge in [0.05, 0.1) is 6.61 Å². The molecule has 0 aromatic heterocycles. The van der Waals surface area contributed by atoms with Crippen molar-refractivity contribution < 1.29 is 9.53 Å². The molecule has 0 atom stereocenters. The van der Waals surface area contributed by atoms with Gasteiger partial charge in [-0.2, -0.15) is 0 Å². The van der Waals surface area contributed by atoms with Gasteiger partial charge < -0.3 is 25.2 Å². The van der Waals surface area contributed by atoms with E-state index < -0.39 is 0 Å². The van der Waals surface area contributed by atoms with E-state index >= 15 is 0 Å². The number of aliphatic imine (C=N–C) groups is 1. The fourth-order valence-corrected chi connectivity index (χ4v) is 3.10. The Morgan fingerprint density at radius 2 is 1.89 bits per heavy atom. The second-order valence-electron chi connectivity index (χ2n) is 6.91. The third-order valence-electron chi connectivity index (χ3n) is 4.74. The molecular formula is C20H34IN5O2. The van der Waals surface area contributed by atoms with Crippen molar-refractivity contribution in [2.75, 3.05) is 52.3 Å². The number of hydrogen-bond donors (Lipinski definition) is 2. The fourth-order valence-electron chi connectivity index (χ4n) is 3.10. The summed E-state index contributed by atoms with van der Waals surface area (Å²) >= 11 is 0. The quantitative estimate of drug-likeness (QED) is 0.355. The lowest BCUT2D eigenvalue weighted by molar-refractivity contribution is 0.0963. The summed E-state index contributed by atoms with van der Waals surface area (Å²) in [6, 6.07) is 8.93. The molecule has 0 unspecified atom stereocenters. The topological polar surface area (TPSA) is 69.2 Å². The summed E-state index contributed by atoms with van der Waals surface area (Å²) in [7, 11) is 5.88. The molecular weight excluding hydrogens is 469 g/mol. The molecule has 1 aromatic carbocycles. The van der Waals surface area contributed by atoms with E-state index in [-0.39, 0.29) is 30.1 Å². The van der Waals surface area contributed by atoms with Gasteiger partial charge in [-0.15, -0.1) is 24.0 Å². The number of benzene rings is 1. The molecule has 2 N–H and O–H groups in total. The van der Waals surface area contributed by atoms with E-state index in [1.54, 1.807) is 11.9 Å². The number of guanidine groups is 1. The number of anilines is 1. The van der Waals surface area contributed by atoms with Gasteiger partial charge in [-0.05, 0) is 43.9 Å². The number of rotatable bonds is 6. The lowest BCUT2D eigenvalue weighted by Crippen LogP contribution is -2.50. The molecule has 7 nitrogen and oxygen atoms in total. The summed E-state index contributed by atoms with van der Waals surface area (Å²) in [4.78, 5) is 20.0. The minimum absolute atomic E-state index is 0. The minimum atomic E-state index is -0.209. The van der Waals surface area contributed by atoms with Crippen LogP contribution < -0.4 is 15.5 Å². The summed E-state index contributed by atoms with van der Waals surface area (Å²) in [6.07, 6.45) is 2.52. The number of carbonyl (C=O) groups excluding carboxylic acids is 1. The molecule has 1 aliphatic rings. The first-order valence-corrected chi connectivity index (χ1v) is 9.68. The van der Waals surface area contributed by atoms with Crippen molar-refractivity contribution in [3.05, 3.63) is 29.8 Å². The number of nitrogens with zero attached hydrogens (tertiary/aromatic N) is 3. The summed E-state index contributed by atoms with van der Waals surface area (Å²) < 4.78 is 5.06. The van der Waals surface area contributed by atoms with Crippen LogP contribution in [0.4, 0.5) is 10.5 Å². The Labute approximate surface area is 185 Å². The van der Waals surface area contributed by atoms with Crippen LogP contribution >= 0.6 is 24.0 Å². The maximum absolute atomic E-state index is 11.8. The van der Waals surface area contributed by atoms with E-state index in [0.717, 1.165) is 31.8 Å². The normalized spacial score (nSPS) is 14.9. The van der Waals surface area contributed by atoms with E-state index in [4.69, 9.17) is 4.74 Å². The third kappa shape index (κ3) is 7.73. The van der Waals surface area contributed by atoms with Gasteiger partial charge in [-0.3, -0.25) is 4.99 Å². The van der Waals surface area contributed by atoms with Crippen molar-refractivity contribution in [2.45, 2.75) is 32.2 Å². The van der Waals surface area contributed by atoms with Crippen LogP contribution in [0, 0.1) is 0 Å². The molecule has 1 fully saturated rings. The molecule has 1 saturated heterocycles. The van der Waals surface area contributed by atoms with E-state index in [1.807, 2.05) is 21.0 Å². The second-order valence-corrected chi connectivity index (χ2v) is 6.91. The van der Waals surface area contributed by atoms with Crippen LogP contribution in [0.2, 0.25) is 0 Å². The van der Waals surface area contributed by atoms with Gasteiger partial charge in [0.1, 0.15) is 0 Å². The number of hydrogen-bond acceptors (Lipinski definition) is 4. The van der Waals surface area contributed by atoms with Gasteiger partial charge in [-0.25, -0.2) is 4.79 Å². The van der Waals surface area contributed by atoms with E-state index in [9.17, 15) is 4.79 Å². The van der Waals surface area contributed by atoms with Gasteiger partial charge in [0.2, 0.25) is 0 Å². The Morgan fingerprint density at radius 1 is 1.25 bits per heavy atom. The first-order chi connectivity index (χ1) is 13.0. The molecule has 0 bridgehead atoms. The van der Waals surface area contributed by atoms with Crippen LogP contribution in [0.5, 0.6) is 0 Å². The van der Waals surface area contributed by atoms with Gasteiger partial charge in [0, 0.05) is 52.5 Å². The highest BCUT2D eigenvalue weighted by Crippen LogP contribution is 2.13. The molecule has 28 heavy (non-hydrogen) atoms.